The number of carbonyl (C=O) groups is 2. The second-order valence-corrected chi connectivity index (χ2v) is 8.87. The molecule has 1 aromatic heterocycles. The first-order valence-electron chi connectivity index (χ1n) is 11.0. The van der Waals surface area contributed by atoms with E-state index in [1.807, 2.05) is 30.3 Å². The minimum Gasteiger partial charge on any atom is -0.461 e. The molecular weight excluding hydrogens is 422 g/mol. The van der Waals surface area contributed by atoms with Gasteiger partial charge in [0.1, 0.15) is 5.54 Å². The minimum atomic E-state index is -1.20. The van der Waals surface area contributed by atoms with Gasteiger partial charge >= 0.3 is 0 Å². The average Bonchev–Trinajstić information content (AvgIpc) is 3.59. The van der Waals surface area contributed by atoms with Crippen LogP contribution < -0.4 is 5.32 Å². The number of hydrogen-bond donors (Lipinski definition) is 1. The zero-order chi connectivity index (χ0) is 22.7. The van der Waals surface area contributed by atoms with Crippen LogP contribution in [-0.4, -0.2) is 34.1 Å². The van der Waals surface area contributed by atoms with Crippen LogP contribution >= 0.6 is 0 Å². The van der Waals surface area contributed by atoms with Crippen molar-refractivity contribution >= 4 is 23.1 Å². The number of benzene rings is 2. The van der Waals surface area contributed by atoms with E-state index in [0.717, 1.165) is 18.4 Å². The molecule has 0 saturated carbocycles. The van der Waals surface area contributed by atoms with Gasteiger partial charge in [-0.05, 0) is 43.1 Å². The fraction of sp³-hybridized carbons (Fsp3) is 0.280. The molecule has 0 unspecified atom stereocenters. The summed E-state index contributed by atoms with van der Waals surface area (Å²) >= 11 is 0. The highest BCUT2D eigenvalue weighted by molar-refractivity contribution is 6.11. The van der Waals surface area contributed by atoms with Crippen molar-refractivity contribution < 1.29 is 18.9 Å². The first kappa shape index (κ1) is 19.9. The number of ketones is 1. The lowest BCUT2D eigenvalue weighted by atomic mass is 9.69. The van der Waals surface area contributed by atoms with Gasteiger partial charge in [-0.25, -0.2) is 0 Å². The fourth-order valence-corrected chi connectivity index (χ4v) is 6.31. The Hall–Kier alpha value is -3.78. The lowest BCUT2D eigenvalue weighted by Crippen LogP contribution is -2.52. The number of amides is 1. The summed E-state index contributed by atoms with van der Waals surface area (Å²) in [5.74, 6) is -1.50. The number of non-ortho nitro benzene ring substituents is 1. The molecule has 1 amide bonds. The van der Waals surface area contributed by atoms with Crippen LogP contribution in [0.3, 0.4) is 0 Å². The van der Waals surface area contributed by atoms with E-state index < -0.39 is 22.3 Å². The second-order valence-electron chi connectivity index (χ2n) is 8.87. The smallest absolute Gasteiger partial charge is 0.269 e. The molecule has 1 spiro atoms. The SMILES string of the molecule is O=C(c1ccco1)[C@@H]1[C@@H](c2cccc([N+](=O)[O-])c2)[C@@H]2CCCN2[C@]12C(=O)Nc1ccccc12. The summed E-state index contributed by atoms with van der Waals surface area (Å²) in [4.78, 5) is 41.1. The number of hydrogen-bond acceptors (Lipinski definition) is 6. The highest BCUT2D eigenvalue weighted by Gasteiger charge is 2.69. The summed E-state index contributed by atoms with van der Waals surface area (Å²) in [7, 11) is 0. The van der Waals surface area contributed by atoms with Crippen molar-refractivity contribution in [1.29, 1.82) is 0 Å². The molecule has 4 heterocycles. The average molecular weight is 443 g/mol. The van der Waals surface area contributed by atoms with Gasteiger partial charge in [0, 0.05) is 35.3 Å². The molecule has 2 fully saturated rings. The molecule has 3 aliphatic heterocycles. The van der Waals surface area contributed by atoms with E-state index in [1.165, 1.54) is 12.3 Å². The van der Waals surface area contributed by atoms with Crippen LogP contribution in [0.15, 0.2) is 71.3 Å². The van der Waals surface area contributed by atoms with E-state index in [0.29, 0.717) is 17.8 Å². The lowest BCUT2D eigenvalue weighted by molar-refractivity contribution is -0.384. The molecule has 0 bridgehead atoms. The molecular formula is C25H21N3O5. The number of carbonyl (C=O) groups excluding carboxylic acids is 2. The third-order valence-electron chi connectivity index (χ3n) is 7.42. The summed E-state index contributed by atoms with van der Waals surface area (Å²) in [6.07, 6.45) is 3.13. The van der Waals surface area contributed by atoms with Gasteiger partial charge in [-0.1, -0.05) is 30.3 Å². The number of nitro benzene ring substituents is 1. The van der Waals surface area contributed by atoms with Crippen LogP contribution in [0.2, 0.25) is 0 Å². The first-order chi connectivity index (χ1) is 16.0. The Labute approximate surface area is 189 Å². The molecule has 8 heteroatoms. The number of anilines is 1. The molecule has 8 nitrogen and oxygen atoms in total. The Balaban J connectivity index is 1.62. The Bertz CT molecular complexity index is 1290. The van der Waals surface area contributed by atoms with Crippen LogP contribution in [0, 0.1) is 16.0 Å². The van der Waals surface area contributed by atoms with Crippen molar-refractivity contribution in [2.45, 2.75) is 30.3 Å². The number of furan rings is 1. The number of nitrogens with zero attached hydrogens (tertiary/aromatic N) is 2. The van der Waals surface area contributed by atoms with E-state index >= 15 is 0 Å². The molecule has 33 heavy (non-hydrogen) atoms. The van der Waals surface area contributed by atoms with E-state index in [4.69, 9.17) is 4.42 Å². The Kier molecular flexibility index (Phi) is 4.28. The third kappa shape index (κ3) is 2.61. The van der Waals surface area contributed by atoms with Crippen molar-refractivity contribution in [3.05, 3.63) is 93.9 Å². The Morgan fingerprint density at radius 3 is 2.79 bits per heavy atom. The van der Waals surface area contributed by atoms with E-state index in [-0.39, 0.29) is 29.2 Å². The van der Waals surface area contributed by atoms with Crippen molar-refractivity contribution in [3.8, 4) is 0 Å². The highest BCUT2D eigenvalue weighted by Crippen LogP contribution is 2.61. The summed E-state index contributed by atoms with van der Waals surface area (Å²) in [6.45, 7) is 0.666. The lowest BCUT2D eigenvalue weighted by Gasteiger charge is -2.36. The van der Waals surface area contributed by atoms with Crippen LogP contribution in [0.5, 0.6) is 0 Å². The summed E-state index contributed by atoms with van der Waals surface area (Å²) in [5, 5.41) is 14.5. The van der Waals surface area contributed by atoms with Crippen molar-refractivity contribution in [2.24, 2.45) is 5.92 Å². The largest absolute Gasteiger partial charge is 0.461 e. The quantitative estimate of drug-likeness (QED) is 0.370. The fourth-order valence-electron chi connectivity index (χ4n) is 6.31. The molecule has 166 valence electrons. The van der Waals surface area contributed by atoms with Crippen LogP contribution in [0.4, 0.5) is 11.4 Å². The summed E-state index contributed by atoms with van der Waals surface area (Å²) < 4.78 is 5.49. The zero-order valence-electron chi connectivity index (χ0n) is 17.6. The number of rotatable bonds is 4. The van der Waals surface area contributed by atoms with E-state index in [2.05, 4.69) is 10.2 Å². The molecule has 4 atom stereocenters. The maximum absolute atomic E-state index is 14.0. The highest BCUT2D eigenvalue weighted by atomic mass is 16.6. The first-order valence-corrected chi connectivity index (χ1v) is 11.0. The van der Waals surface area contributed by atoms with Gasteiger partial charge in [0.15, 0.2) is 5.76 Å². The zero-order valence-corrected chi connectivity index (χ0v) is 17.6. The Morgan fingerprint density at radius 2 is 2.00 bits per heavy atom. The van der Waals surface area contributed by atoms with E-state index in [9.17, 15) is 19.7 Å². The topological polar surface area (TPSA) is 106 Å². The monoisotopic (exact) mass is 443 g/mol. The molecule has 2 saturated heterocycles. The van der Waals surface area contributed by atoms with Gasteiger partial charge in [-0.15, -0.1) is 0 Å². The van der Waals surface area contributed by atoms with Gasteiger partial charge in [0.05, 0.1) is 17.1 Å². The van der Waals surface area contributed by atoms with Crippen LogP contribution in [0.25, 0.3) is 0 Å². The summed E-state index contributed by atoms with van der Waals surface area (Å²) in [6, 6.07) is 17.1. The Morgan fingerprint density at radius 1 is 1.15 bits per heavy atom. The van der Waals surface area contributed by atoms with E-state index in [1.54, 1.807) is 24.3 Å². The summed E-state index contributed by atoms with van der Waals surface area (Å²) in [5.41, 5.74) is 0.944. The van der Waals surface area contributed by atoms with Gasteiger partial charge in [0.25, 0.3) is 5.69 Å². The second kappa shape index (κ2) is 7.11. The standard InChI is InChI=1S/C25H21N3O5/c29-23(20-11-5-13-33-20)22-21(15-6-3-7-16(14-15)28(31)32)19-10-4-12-27(19)25(22)17-8-1-2-9-18(17)26-24(25)30/h1-3,5-9,11,13-14,19,21-22H,4,10,12H2,(H,26,30)/t19-,21-,22-,25-/m0/s1. The molecule has 3 aromatic rings. The molecule has 2 aromatic carbocycles. The predicted molar refractivity (Wildman–Crippen MR) is 119 cm³/mol. The number of nitrogens with one attached hydrogen (secondary N) is 1. The van der Waals surface area contributed by atoms with Gasteiger partial charge in [0.2, 0.25) is 11.7 Å². The third-order valence-corrected chi connectivity index (χ3v) is 7.42. The number of para-hydroxylation sites is 1. The molecule has 3 aliphatic rings. The number of Topliss-reactive ketones (excluding diaryl/α,β-unsaturated/α-hetero) is 1. The molecule has 6 rings (SSSR count). The van der Waals surface area contributed by atoms with Gasteiger partial charge in [-0.2, -0.15) is 0 Å². The normalized spacial score (nSPS) is 28.0. The number of fused-ring (bicyclic) bond motifs is 4. The maximum atomic E-state index is 14.0. The minimum absolute atomic E-state index is 0.0292. The molecule has 1 N–H and O–H groups in total. The molecule has 0 aliphatic carbocycles. The van der Waals surface area contributed by atoms with Crippen molar-refractivity contribution in [3.63, 3.8) is 0 Å². The van der Waals surface area contributed by atoms with Crippen LogP contribution in [-0.2, 0) is 10.3 Å². The number of nitro groups is 1. The van der Waals surface area contributed by atoms with Crippen LogP contribution in [0.1, 0.15) is 40.4 Å². The predicted octanol–water partition coefficient (Wildman–Crippen LogP) is 4.10. The van der Waals surface area contributed by atoms with Crippen molar-refractivity contribution in [2.75, 3.05) is 11.9 Å². The maximum Gasteiger partial charge on any atom is 0.269 e. The molecule has 0 radical (unpaired) electrons. The van der Waals surface area contributed by atoms with Gasteiger partial charge < -0.3 is 9.73 Å². The van der Waals surface area contributed by atoms with Crippen molar-refractivity contribution in [1.82, 2.24) is 4.90 Å². The van der Waals surface area contributed by atoms with Gasteiger partial charge in [-0.3, -0.25) is 24.6 Å².